The van der Waals surface area contributed by atoms with E-state index in [0.29, 0.717) is 5.69 Å². The highest BCUT2D eigenvalue weighted by Crippen LogP contribution is 2.22. The second-order valence-electron chi connectivity index (χ2n) is 4.71. The summed E-state index contributed by atoms with van der Waals surface area (Å²) in [5, 5.41) is 8.69. The molecule has 1 aromatic carbocycles. The molecule has 0 aromatic heterocycles. The van der Waals surface area contributed by atoms with Crippen molar-refractivity contribution in [2.24, 2.45) is 5.73 Å². The topological polar surface area (TPSA) is 49.5 Å². The molecule has 0 amide bonds. The van der Waals surface area contributed by atoms with Gasteiger partial charge in [0.25, 0.3) is 0 Å². The largest absolute Gasteiger partial charge is 0.396 e. The molecule has 0 spiro atoms. The zero-order chi connectivity index (χ0) is 13.5. The smallest absolute Gasteiger partial charge is 0.146 e. The van der Waals surface area contributed by atoms with Gasteiger partial charge >= 0.3 is 0 Å². The van der Waals surface area contributed by atoms with Gasteiger partial charge in [0.2, 0.25) is 0 Å². The first kappa shape index (κ1) is 14.9. The molecule has 0 aliphatic heterocycles. The Morgan fingerprint density at radius 2 is 2.06 bits per heavy atom. The van der Waals surface area contributed by atoms with Crippen LogP contribution >= 0.6 is 0 Å². The van der Waals surface area contributed by atoms with Crippen LogP contribution in [0.25, 0.3) is 0 Å². The molecular formula is C14H23FN2O. The highest BCUT2D eigenvalue weighted by atomic mass is 19.1. The Morgan fingerprint density at radius 1 is 1.33 bits per heavy atom. The minimum absolute atomic E-state index is 0.150. The van der Waals surface area contributed by atoms with Crippen LogP contribution in [0.3, 0.4) is 0 Å². The van der Waals surface area contributed by atoms with E-state index in [9.17, 15) is 4.39 Å². The molecule has 3 N–H and O–H groups in total. The Morgan fingerprint density at radius 3 is 2.61 bits per heavy atom. The highest BCUT2D eigenvalue weighted by Gasteiger charge is 2.09. The van der Waals surface area contributed by atoms with Crippen LogP contribution in [0, 0.1) is 5.82 Å². The van der Waals surface area contributed by atoms with Crippen molar-refractivity contribution in [1.82, 2.24) is 0 Å². The number of aliphatic hydroxyl groups excluding tert-OH is 1. The molecule has 0 heterocycles. The average molecular weight is 254 g/mol. The Labute approximate surface area is 108 Å². The molecule has 18 heavy (non-hydrogen) atoms. The van der Waals surface area contributed by atoms with E-state index in [4.69, 9.17) is 10.8 Å². The van der Waals surface area contributed by atoms with Crippen LogP contribution in [-0.4, -0.2) is 25.3 Å². The molecule has 1 rings (SSSR count). The van der Waals surface area contributed by atoms with E-state index in [1.165, 1.54) is 6.07 Å². The Bertz CT molecular complexity index is 369. The van der Waals surface area contributed by atoms with E-state index in [1.807, 2.05) is 24.9 Å². The summed E-state index contributed by atoms with van der Waals surface area (Å²) in [6.45, 7) is 2.85. The first-order valence-electron chi connectivity index (χ1n) is 6.43. The van der Waals surface area contributed by atoms with Gasteiger partial charge in [0.05, 0.1) is 5.69 Å². The molecule has 1 atom stereocenters. The zero-order valence-corrected chi connectivity index (χ0v) is 11.2. The first-order valence-corrected chi connectivity index (χ1v) is 6.43. The minimum Gasteiger partial charge on any atom is -0.396 e. The standard InChI is InChI=1S/C14H23FN2O/c1-11(16)12-6-7-14(13(15)10-12)17(2)8-4-3-5-9-18/h6-7,10-11,18H,3-5,8-9,16H2,1-2H3/t11-/m1/s1. The van der Waals surface area contributed by atoms with Crippen molar-refractivity contribution >= 4 is 5.69 Å². The van der Waals surface area contributed by atoms with Crippen molar-refractivity contribution in [3.63, 3.8) is 0 Å². The molecule has 0 bridgehead atoms. The molecule has 0 saturated carbocycles. The molecule has 4 heteroatoms. The molecule has 0 aliphatic carbocycles. The van der Waals surface area contributed by atoms with Crippen LogP contribution < -0.4 is 10.6 Å². The predicted octanol–water partition coefficient (Wildman–Crippen LogP) is 2.44. The van der Waals surface area contributed by atoms with Crippen LogP contribution in [-0.2, 0) is 0 Å². The van der Waals surface area contributed by atoms with E-state index < -0.39 is 0 Å². The lowest BCUT2D eigenvalue weighted by molar-refractivity contribution is 0.283. The van der Waals surface area contributed by atoms with Gasteiger partial charge in [0.1, 0.15) is 5.82 Å². The minimum atomic E-state index is -0.227. The summed E-state index contributed by atoms with van der Waals surface area (Å²) in [5.74, 6) is -0.227. The van der Waals surface area contributed by atoms with E-state index in [2.05, 4.69) is 0 Å². The molecular weight excluding hydrogens is 231 g/mol. The lowest BCUT2D eigenvalue weighted by atomic mass is 10.1. The molecule has 102 valence electrons. The van der Waals surface area contributed by atoms with Crippen molar-refractivity contribution < 1.29 is 9.50 Å². The van der Waals surface area contributed by atoms with Gasteiger partial charge in [-0.25, -0.2) is 4.39 Å². The van der Waals surface area contributed by atoms with Gasteiger partial charge in [-0.1, -0.05) is 6.07 Å². The second-order valence-corrected chi connectivity index (χ2v) is 4.71. The lowest BCUT2D eigenvalue weighted by Crippen LogP contribution is -2.20. The predicted molar refractivity (Wildman–Crippen MR) is 73.2 cm³/mol. The third-order valence-electron chi connectivity index (χ3n) is 3.06. The van der Waals surface area contributed by atoms with Crippen LogP contribution in [0.2, 0.25) is 0 Å². The quantitative estimate of drug-likeness (QED) is 0.735. The number of hydrogen-bond donors (Lipinski definition) is 2. The molecule has 0 unspecified atom stereocenters. The number of anilines is 1. The Kier molecular flexibility index (Phi) is 6.09. The van der Waals surface area contributed by atoms with Crippen molar-refractivity contribution in [2.75, 3.05) is 25.1 Å². The van der Waals surface area contributed by atoms with Gasteiger partial charge < -0.3 is 15.7 Å². The molecule has 1 aromatic rings. The summed E-state index contributed by atoms with van der Waals surface area (Å²) in [4.78, 5) is 1.90. The fraction of sp³-hybridized carbons (Fsp3) is 0.571. The molecule has 3 nitrogen and oxygen atoms in total. The maximum atomic E-state index is 13.9. The first-order chi connectivity index (χ1) is 8.56. The van der Waals surface area contributed by atoms with Crippen molar-refractivity contribution in [3.8, 4) is 0 Å². The van der Waals surface area contributed by atoms with Crippen LogP contribution in [0.4, 0.5) is 10.1 Å². The second kappa shape index (κ2) is 7.34. The summed E-state index contributed by atoms with van der Waals surface area (Å²) < 4.78 is 13.9. The normalized spacial score (nSPS) is 12.5. The van der Waals surface area contributed by atoms with Gasteiger partial charge in [0, 0.05) is 26.2 Å². The highest BCUT2D eigenvalue weighted by molar-refractivity contribution is 5.48. The monoisotopic (exact) mass is 254 g/mol. The number of benzene rings is 1. The third-order valence-corrected chi connectivity index (χ3v) is 3.06. The SMILES string of the molecule is C[C@@H](N)c1ccc(N(C)CCCCCO)c(F)c1. The fourth-order valence-electron chi connectivity index (χ4n) is 1.87. The molecule has 0 radical (unpaired) electrons. The molecule has 0 aliphatic rings. The van der Waals surface area contributed by atoms with Gasteiger partial charge in [0.15, 0.2) is 0 Å². The summed E-state index contributed by atoms with van der Waals surface area (Å²) in [5.41, 5.74) is 7.13. The van der Waals surface area contributed by atoms with Crippen LogP contribution in [0.15, 0.2) is 18.2 Å². The van der Waals surface area contributed by atoms with Crippen molar-refractivity contribution in [2.45, 2.75) is 32.2 Å². The molecule has 0 fully saturated rings. The van der Waals surface area contributed by atoms with Crippen molar-refractivity contribution in [1.29, 1.82) is 0 Å². The number of nitrogens with two attached hydrogens (primary N) is 1. The zero-order valence-electron chi connectivity index (χ0n) is 11.2. The van der Waals surface area contributed by atoms with E-state index in [1.54, 1.807) is 6.07 Å². The average Bonchev–Trinajstić information content (AvgIpc) is 2.34. The molecule has 0 saturated heterocycles. The number of aliphatic hydroxyl groups is 1. The Hall–Kier alpha value is -1.13. The number of rotatable bonds is 7. The number of hydrogen-bond acceptors (Lipinski definition) is 3. The van der Waals surface area contributed by atoms with Gasteiger partial charge in [-0.2, -0.15) is 0 Å². The maximum Gasteiger partial charge on any atom is 0.146 e. The van der Waals surface area contributed by atoms with E-state index >= 15 is 0 Å². The van der Waals surface area contributed by atoms with Gasteiger partial charge in [-0.15, -0.1) is 0 Å². The Balaban J connectivity index is 2.60. The number of unbranched alkanes of at least 4 members (excludes halogenated alkanes) is 2. The van der Waals surface area contributed by atoms with Gasteiger partial charge in [-0.05, 0) is 43.9 Å². The lowest BCUT2D eigenvalue weighted by Gasteiger charge is -2.20. The van der Waals surface area contributed by atoms with Crippen molar-refractivity contribution in [3.05, 3.63) is 29.6 Å². The van der Waals surface area contributed by atoms with E-state index in [0.717, 1.165) is 31.4 Å². The summed E-state index contributed by atoms with van der Waals surface area (Å²) in [6.07, 6.45) is 2.71. The summed E-state index contributed by atoms with van der Waals surface area (Å²) >= 11 is 0. The third kappa shape index (κ3) is 4.27. The summed E-state index contributed by atoms with van der Waals surface area (Å²) in [7, 11) is 1.88. The van der Waals surface area contributed by atoms with Crippen LogP contribution in [0.1, 0.15) is 37.8 Å². The number of nitrogens with zero attached hydrogens (tertiary/aromatic N) is 1. The maximum absolute atomic E-state index is 13.9. The summed E-state index contributed by atoms with van der Waals surface area (Å²) in [6, 6.07) is 5.00. The van der Waals surface area contributed by atoms with Crippen LogP contribution in [0.5, 0.6) is 0 Å². The van der Waals surface area contributed by atoms with Gasteiger partial charge in [-0.3, -0.25) is 0 Å². The van der Waals surface area contributed by atoms with E-state index in [-0.39, 0.29) is 18.5 Å². The fourth-order valence-corrected chi connectivity index (χ4v) is 1.87. The number of halogens is 1.